The van der Waals surface area contributed by atoms with E-state index in [0.29, 0.717) is 9.90 Å². The van der Waals surface area contributed by atoms with E-state index in [1.807, 2.05) is 0 Å². The minimum absolute atomic E-state index is 0.00896. The SMILES string of the molecule is NC(=O)c1ccsc1NC(=O)CSc1ccc(F)c(Cl)c1. The van der Waals surface area contributed by atoms with Crippen molar-refractivity contribution in [3.8, 4) is 0 Å². The number of amides is 2. The quantitative estimate of drug-likeness (QED) is 0.817. The van der Waals surface area contributed by atoms with Gasteiger partial charge in [0.05, 0.1) is 16.3 Å². The van der Waals surface area contributed by atoms with Gasteiger partial charge in [-0.1, -0.05) is 11.6 Å². The van der Waals surface area contributed by atoms with Crippen molar-refractivity contribution in [2.24, 2.45) is 5.73 Å². The van der Waals surface area contributed by atoms with Gasteiger partial charge in [0.25, 0.3) is 5.91 Å². The zero-order chi connectivity index (χ0) is 15.4. The molecule has 1 aromatic carbocycles. The van der Waals surface area contributed by atoms with Gasteiger partial charge in [0.2, 0.25) is 5.91 Å². The van der Waals surface area contributed by atoms with Gasteiger partial charge in [0, 0.05) is 4.90 Å². The Morgan fingerprint density at radius 2 is 2.14 bits per heavy atom. The van der Waals surface area contributed by atoms with Gasteiger partial charge in [-0.2, -0.15) is 0 Å². The van der Waals surface area contributed by atoms with E-state index < -0.39 is 11.7 Å². The second-order valence-electron chi connectivity index (χ2n) is 3.94. The number of hydrogen-bond acceptors (Lipinski definition) is 4. The van der Waals surface area contributed by atoms with E-state index in [4.69, 9.17) is 17.3 Å². The van der Waals surface area contributed by atoms with Crippen molar-refractivity contribution in [2.45, 2.75) is 4.90 Å². The highest BCUT2D eigenvalue weighted by atomic mass is 35.5. The number of benzene rings is 1. The van der Waals surface area contributed by atoms with Crippen molar-refractivity contribution in [3.63, 3.8) is 0 Å². The van der Waals surface area contributed by atoms with Crippen LogP contribution in [0.3, 0.4) is 0 Å². The first kappa shape index (κ1) is 15.8. The Balaban J connectivity index is 1.94. The van der Waals surface area contributed by atoms with Gasteiger partial charge in [0.1, 0.15) is 10.8 Å². The summed E-state index contributed by atoms with van der Waals surface area (Å²) in [5.41, 5.74) is 5.47. The number of carbonyl (C=O) groups is 2. The highest BCUT2D eigenvalue weighted by Gasteiger charge is 2.12. The molecule has 0 fully saturated rings. The van der Waals surface area contributed by atoms with E-state index in [1.165, 1.54) is 35.2 Å². The number of halogens is 2. The summed E-state index contributed by atoms with van der Waals surface area (Å²) in [5.74, 6) is -1.28. The number of nitrogens with one attached hydrogen (secondary N) is 1. The van der Waals surface area contributed by atoms with Gasteiger partial charge in [-0.05, 0) is 29.6 Å². The number of primary amides is 1. The van der Waals surface area contributed by atoms with E-state index in [0.717, 1.165) is 0 Å². The van der Waals surface area contributed by atoms with Crippen LogP contribution in [0.2, 0.25) is 5.02 Å². The maximum Gasteiger partial charge on any atom is 0.251 e. The second kappa shape index (κ2) is 6.93. The molecule has 0 aliphatic rings. The molecule has 0 aliphatic carbocycles. The maximum absolute atomic E-state index is 13.0. The fourth-order valence-corrected chi connectivity index (χ4v) is 3.27. The van der Waals surface area contributed by atoms with E-state index in [1.54, 1.807) is 17.5 Å². The topological polar surface area (TPSA) is 72.2 Å². The van der Waals surface area contributed by atoms with Crippen LogP contribution >= 0.6 is 34.7 Å². The van der Waals surface area contributed by atoms with Crippen LogP contribution in [-0.4, -0.2) is 17.6 Å². The lowest BCUT2D eigenvalue weighted by atomic mass is 10.3. The van der Waals surface area contributed by atoms with Crippen molar-refractivity contribution in [1.82, 2.24) is 0 Å². The lowest BCUT2D eigenvalue weighted by Gasteiger charge is -2.05. The van der Waals surface area contributed by atoms with Crippen LogP contribution in [0.1, 0.15) is 10.4 Å². The molecule has 0 aliphatic heterocycles. The molecule has 0 spiro atoms. The fourth-order valence-electron chi connectivity index (χ4n) is 1.48. The van der Waals surface area contributed by atoms with Crippen molar-refractivity contribution in [1.29, 1.82) is 0 Å². The molecule has 0 bridgehead atoms. The Morgan fingerprint density at radius 3 is 2.81 bits per heavy atom. The molecule has 8 heteroatoms. The van der Waals surface area contributed by atoms with Gasteiger partial charge in [-0.25, -0.2) is 4.39 Å². The van der Waals surface area contributed by atoms with Crippen molar-refractivity contribution >= 4 is 51.5 Å². The largest absolute Gasteiger partial charge is 0.366 e. The molecule has 0 saturated carbocycles. The predicted molar refractivity (Wildman–Crippen MR) is 83.6 cm³/mol. The van der Waals surface area contributed by atoms with Crippen LogP contribution < -0.4 is 11.1 Å². The van der Waals surface area contributed by atoms with Gasteiger partial charge < -0.3 is 11.1 Å². The third kappa shape index (κ3) is 4.20. The Labute approximate surface area is 133 Å². The molecule has 0 atom stereocenters. The molecular formula is C13H10ClFN2O2S2. The first-order chi connectivity index (χ1) is 9.97. The van der Waals surface area contributed by atoms with Crippen LogP contribution in [0.25, 0.3) is 0 Å². The van der Waals surface area contributed by atoms with Crippen LogP contribution in [0, 0.1) is 5.82 Å². The summed E-state index contributed by atoms with van der Waals surface area (Å²) in [5, 5.41) is 4.72. The average Bonchev–Trinajstić information content (AvgIpc) is 2.88. The molecule has 2 rings (SSSR count). The first-order valence-corrected chi connectivity index (χ1v) is 7.96. The Hall–Kier alpha value is -1.57. The standard InChI is InChI=1S/C13H10ClFN2O2S2/c14-9-5-7(1-2-10(9)15)21-6-11(18)17-13-8(12(16)19)3-4-20-13/h1-5H,6H2,(H2,16,19)(H,17,18). The summed E-state index contributed by atoms with van der Waals surface area (Å²) < 4.78 is 13.0. The van der Waals surface area contributed by atoms with E-state index >= 15 is 0 Å². The third-order valence-corrected chi connectivity index (χ3v) is 4.56. The number of hydrogen-bond donors (Lipinski definition) is 2. The summed E-state index contributed by atoms with van der Waals surface area (Å²) in [7, 11) is 0. The smallest absolute Gasteiger partial charge is 0.251 e. The number of carbonyl (C=O) groups excluding carboxylic acids is 2. The summed E-state index contributed by atoms with van der Waals surface area (Å²) in [4.78, 5) is 23.6. The molecule has 1 heterocycles. The normalized spacial score (nSPS) is 10.4. The highest BCUT2D eigenvalue weighted by molar-refractivity contribution is 8.00. The predicted octanol–water partition coefficient (Wildman–Crippen LogP) is 3.37. The summed E-state index contributed by atoms with van der Waals surface area (Å²) in [6.45, 7) is 0. The van der Waals surface area contributed by atoms with Crippen molar-refractivity contribution < 1.29 is 14.0 Å². The van der Waals surface area contributed by atoms with E-state index in [9.17, 15) is 14.0 Å². The van der Waals surface area contributed by atoms with Crippen LogP contribution in [0.4, 0.5) is 9.39 Å². The molecule has 0 saturated heterocycles. The minimum atomic E-state index is -0.593. The average molecular weight is 345 g/mol. The highest BCUT2D eigenvalue weighted by Crippen LogP contribution is 2.26. The molecule has 4 nitrogen and oxygen atoms in total. The van der Waals surface area contributed by atoms with Crippen LogP contribution in [-0.2, 0) is 4.79 Å². The summed E-state index contributed by atoms with van der Waals surface area (Å²) in [6, 6.07) is 5.79. The first-order valence-electron chi connectivity index (χ1n) is 5.72. The Bertz CT molecular complexity index is 691. The van der Waals surface area contributed by atoms with Crippen LogP contribution in [0.15, 0.2) is 34.5 Å². The Morgan fingerprint density at radius 1 is 1.38 bits per heavy atom. The molecule has 3 N–H and O–H groups in total. The molecular weight excluding hydrogens is 335 g/mol. The number of rotatable bonds is 5. The van der Waals surface area contributed by atoms with Crippen LogP contribution in [0.5, 0.6) is 0 Å². The number of thiophene rings is 1. The van der Waals surface area contributed by atoms with E-state index in [-0.39, 0.29) is 22.2 Å². The second-order valence-corrected chi connectivity index (χ2v) is 6.31. The van der Waals surface area contributed by atoms with Crippen molar-refractivity contribution in [3.05, 3.63) is 46.0 Å². The zero-order valence-corrected chi connectivity index (χ0v) is 12.9. The molecule has 110 valence electrons. The zero-order valence-electron chi connectivity index (χ0n) is 10.6. The molecule has 1 aromatic heterocycles. The van der Waals surface area contributed by atoms with Crippen molar-refractivity contribution in [2.75, 3.05) is 11.1 Å². The van der Waals surface area contributed by atoms with Gasteiger partial charge in [-0.3, -0.25) is 9.59 Å². The summed E-state index contributed by atoms with van der Waals surface area (Å²) in [6.07, 6.45) is 0. The summed E-state index contributed by atoms with van der Waals surface area (Å²) >= 11 is 8.09. The fraction of sp³-hybridized carbons (Fsp3) is 0.0769. The molecule has 21 heavy (non-hydrogen) atoms. The lowest BCUT2D eigenvalue weighted by molar-refractivity contribution is -0.113. The molecule has 0 unspecified atom stereocenters. The van der Waals surface area contributed by atoms with Gasteiger partial charge in [-0.15, -0.1) is 23.1 Å². The van der Waals surface area contributed by atoms with Gasteiger partial charge >= 0.3 is 0 Å². The van der Waals surface area contributed by atoms with Gasteiger partial charge in [0.15, 0.2) is 0 Å². The molecule has 0 radical (unpaired) electrons. The molecule has 2 aromatic rings. The van der Waals surface area contributed by atoms with E-state index in [2.05, 4.69) is 5.32 Å². The Kier molecular flexibility index (Phi) is 5.22. The molecule has 2 amide bonds. The number of thioether (sulfide) groups is 1. The monoisotopic (exact) mass is 344 g/mol. The lowest BCUT2D eigenvalue weighted by Crippen LogP contribution is -2.17. The maximum atomic E-state index is 13.0. The minimum Gasteiger partial charge on any atom is -0.366 e. The third-order valence-electron chi connectivity index (χ3n) is 2.44. The number of anilines is 1. The number of nitrogens with two attached hydrogens (primary N) is 1.